The molecule has 23 heavy (non-hydrogen) atoms. The third-order valence-corrected chi connectivity index (χ3v) is 3.92. The molecule has 6 heteroatoms. The molecule has 0 saturated carbocycles. The van der Waals surface area contributed by atoms with E-state index in [1.54, 1.807) is 18.5 Å². The van der Waals surface area contributed by atoms with E-state index in [-0.39, 0.29) is 0 Å². The second-order valence-corrected chi connectivity index (χ2v) is 5.50. The largest absolute Gasteiger partial charge is 0.366 e. The lowest BCUT2D eigenvalue weighted by Gasteiger charge is -2.05. The van der Waals surface area contributed by atoms with Gasteiger partial charge in [0.25, 0.3) is 0 Å². The highest BCUT2D eigenvalue weighted by Crippen LogP contribution is 2.26. The number of fused-ring (bicyclic) bond motifs is 1. The number of H-pyrrole nitrogens is 1. The molecule has 0 bridgehead atoms. The highest BCUT2D eigenvalue weighted by atomic mass is 35.5. The van der Waals surface area contributed by atoms with Crippen LogP contribution in [0, 0.1) is 0 Å². The number of nitrogens with two attached hydrogens (primary N) is 1. The summed E-state index contributed by atoms with van der Waals surface area (Å²) in [6.45, 7) is 2.06. The summed E-state index contributed by atoms with van der Waals surface area (Å²) in [5.41, 5.74) is 9.92. The van der Waals surface area contributed by atoms with Crippen molar-refractivity contribution in [2.75, 3.05) is 0 Å². The van der Waals surface area contributed by atoms with Gasteiger partial charge in [0.2, 0.25) is 5.91 Å². The summed E-state index contributed by atoms with van der Waals surface area (Å²) < 4.78 is 0. The molecule has 0 radical (unpaired) electrons. The molecule has 2 aromatic heterocycles. The van der Waals surface area contributed by atoms with Gasteiger partial charge in [-0.15, -0.1) is 0 Å². The lowest BCUT2D eigenvalue weighted by molar-refractivity contribution is -0.113. The van der Waals surface area contributed by atoms with Crippen molar-refractivity contribution < 1.29 is 4.79 Å². The minimum Gasteiger partial charge on any atom is -0.366 e. The van der Waals surface area contributed by atoms with E-state index in [0.717, 1.165) is 33.8 Å². The van der Waals surface area contributed by atoms with Gasteiger partial charge < -0.3 is 10.7 Å². The van der Waals surface area contributed by atoms with Crippen LogP contribution in [0.1, 0.15) is 18.1 Å². The quantitative estimate of drug-likeness (QED) is 0.721. The normalized spacial score (nSPS) is 11.4. The zero-order chi connectivity index (χ0) is 16.4. The SMILES string of the molecule is CCc1ccc(-c2cnc3[nH]cc(/C=C/C(N)=O)c3n2)cc1Cl. The van der Waals surface area contributed by atoms with Crippen LogP contribution in [0.25, 0.3) is 28.5 Å². The minimum atomic E-state index is -0.509. The van der Waals surface area contributed by atoms with E-state index in [2.05, 4.69) is 21.9 Å². The predicted octanol–water partition coefficient (Wildman–Crippen LogP) is 3.34. The third-order valence-electron chi connectivity index (χ3n) is 3.57. The molecule has 1 amide bonds. The maximum atomic E-state index is 10.9. The molecule has 0 aliphatic heterocycles. The number of nitrogens with one attached hydrogen (secondary N) is 1. The zero-order valence-electron chi connectivity index (χ0n) is 12.5. The van der Waals surface area contributed by atoms with E-state index < -0.39 is 5.91 Å². The molecule has 116 valence electrons. The van der Waals surface area contributed by atoms with Crippen molar-refractivity contribution in [3.8, 4) is 11.3 Å². The van der Waals surface area contributed by atoms with Crippen LogP contribution in [0.2, 0.25) is 5.02 Å². The number of carbonyl (C=O) groups is 1. The Balaban J connectivity index is 2.07. The summed E-state index contributed by atoms with van der Waals surface area (Å²) in [5.74, 6) is -0.509. The summed E-state index contributed by atoms with van der Waals surface area (Å²) in [4.78, 5) is 22.9. The van der Waals surface area contributed by atoms with Crippen molar-refractivity contribution in [1.29, 1.82) is 0 Å². The van der Waals surface area contributed by atoms with Gasteiger partial charge in [0.1, 0.15) is 5.52 Å². The molecule has 0 saturated heterocycles. The van der Waals surface area contributed by atoms with Crippen LogP contribution in [0.5, 0.6) is 0 Å². The highest BCUT2D eigenvalue weighted by Gasteiger charge is 2.09. The molecular formula is C17H15ClN4O. The van der Waals surface area contributed by atoms with Gasteiger partial charge in [0.15, 0.2) is 5.65 Å². The molecule has 0 unspecified atom stereocenters. The first-order valence-electron chi connectivity index (χ1n) is 7.19. The van der Waals surface area contributed by atoms with Gasteiger partial charge in [-0.25, -0.2) is 9.97 Å². The topological polar surface area (TPSA) is 84.7 Å². The average molecular weight is 327 g/mol. The molecule has 0 spiro atoms. The molecule has 3 rings (SSSR count). The molecule has 2 heterocycles. The van der Waals surface area contributed by atoms with E-state index in [1.165, 1.54) is 6.08 Å². The Morgan fingerprint density at radius 1 is 1.43 bits per heavy atom. The lowest BCUT2D eigenvalue weighted by Crippen LogP contribution is -2.05. The van der Waals surface area contributed by atoms with E-state index in [9.17, 15) is 4.79 Å². The van der Waals surface area contributed by atoms with Crippen molar-refractivity contribution in [2.45, 2.75) is 13.3 Å². The number of aryl methyl sites for hydroxylation is 1. The number of aromatic nitrogens is 3. The van der Waals surface area contributed by atoms with Gasteiger partial charge in [-0.05, 0) is 24.1 Å². The average Bonchev–Trinajstić information content (AvgIpc) is 2.95. The van der Waals surface area contributed by atoms with Crippen molar-refractivity contribution in [2.24, 2.45) is 5.73 Å². The fraction of sp³-hybridized carbons (Fsp3) is 0.118. The van der Waals surface area contributed by atoms with E-state index in [1.807, 2.05) is 18.2 Å². The van der Waals surface area contributed by atoms with Crippen LogP contribution in [-0.2, 0) is 11.2 Å². The molecule has 0 aliphatic carbocycles. The summed E-state index contributed by atoms with van der Waals surface area (Å²) in [6.07, 6.45) is 7.22. The summed E-state index contributed by atoms with van der Waals surface area (Å²) in [7, 11) is 0. The van der Waals surface area contributed by atoms with Crippen molar-refractivity contribution in [1.82, 2.24) is 15.0 Å². The van der Waals surface area contributed by atoms with Crippen molar-refractivity contribution in [3.05, 3.63) is 52.8 Å². The molecule has 3 N–H and O–H groups in total. The Kier molecular flexibility index (Phi) is 4.12. The monoisotopic (exact) mass is 326 g/mol. The first-order chi connectivity index (χ1) is 11.1. The third kappa shape index (κ3) is 3.10. The van der Waals surface area contributed by atoms with Crippen LogP contribution in [0.3, 0.4) is 0 Å². The van der Waals surface area contributed by atoms with Gasteiger partial charge >= 0.3 is 0 Å². The molecule has 0 atom stereocenters. The molecule has 1 aromatic carbocycles. The fourth-order valence-corrected chi connectivity index (χ4v) is 2.66. The van der Waals surface area contributed by atoms with Crippen LogP contribution >= 0.6 is 11.6 Å². The van der Waals surface area contributed by atoms with Crippen LogP contribution < -0.4 is 5.73 Å². The molecular weight excluding hydrogens is 312 g/mol. The summed E-state index contributed by atoms with van der Waals surface area (Å²) in [6, 6.07) is 5.86. The Hall–Kier alpha value is -2.66. The number of benzene rings is 1. The minimum absolute atomic E-state index is 0.509. The van der Waals surface area contributed by atoms with Gasteiger partial charge in [0, 0.05) is 28.4 Å². The van der Waals surface area contributed by atoms with Crippen LogP contribution in [0.4, 0.5) is 0 Å². The molecule has 0 aliphatic rings. The first kappa shape index (κ1) is 15.2. The first-order valence-corrected chi connectivity index (χ1v) is 7.56. The van der Waals surface area contributed by atoms with E-state index >= 15 is 0 Å². The Bertz CT molecular complexity index is 914. The van der Waals surface area contributed by atoms with Crippen LogP contribution in [0.15, 0.2) is 36.7 Å². The van der Waals surface area contributed by atoms with E-state index in [0.29, 0.717) is 11.2 Å². The lowest BCUT2D eigenvalue weighted by atomic mass is 10.1. The number of primary amides is 1. The number of halogens is 1. The Morgan fingerprint density at radius 2 is 2.26 bits per heavy atom. The van der Waals surface area contributed by atoms with Crippen LogP contribution in [-0.4, -0.2) is 20.9 Å². The summed E-state index contributed by atoms with van der Waals surface area (Å²) >= 11 is 6.28. The smallest absolute Gasteiger partial charge is 0.241 e. The second kappa shape index (κ2) is 6.22. The number of hydrogen-bond donors (Lipinski definition) is 2. The number of amides is 1. The van der Waals surface area contributed by atoms with Crippen molar-refractivity contribution in [3.63, 3.8) is 0 Å². The summed E-state index contributed by atoms with van der Waals surface area (Å²) in [5, 5.41) is 0.717. The van der Waals surface area contributed by atoms with Gasteiger partial charge in [-0.1, -0.05) is 30.7 Å². The predicted molar refractivity (Wildman–Crippen MR) is 91.9 cm³/mol. The van der Waals surface area contributed by atoms with Gasteiger partial charge in [-0.3, -0.25) is 4.79 Å². The zero-order valence-corrected chi connectivity index (χ0v) is 13.3. The van der Waals surface area contributed by atoms with E-state index in [4.69, 9.17) is 17.3 Å². The second-order valence-electron chi connectivity index (χ2n) is 5.09. The number of rotatable bonds is 4. The Morgan fingerprint density at radius 3 is 2.96 bits per heavy atom. The highest BCUT2D eigenvalue weighted by molar-refractivity contribution is 6.31. The molecule has 3 aromatic rings. The Labute approximate surface area is 138 Å². The molecule has 0 fully saturated rings. The maximum Gasteiger partial charge on any atom is 0.241 e. The van der Waals surface area contributed by atoms with Crippen molar-refractivity contribution >= 4 is 34.7 Å². The fourth-order valence-electron chi connectivity index (χ4n) is 2.34. The number of hydrogen-bond acceptors (Lipinski definition) is 3. The van der Waals surface area contributed by atoms with Gasteiger partial charge in [0.05, 0.1) is 11.9 Å². The standard InChI is InChI=1S/C17H15ClN4O/c1-2-10-3-4-11(7-13(10)18)14-9-21-17-16(22-14)12(8-20-17)5-6-15(19)23/h3-9H,2H2,1H3,(H2,19,23)(H,20,21)/b6-5+. The maximum absolute atomic E-state index is 10.9. The molecule has 5 nitrogen and oxygen atoms in total. The van der Waals surface area contributed by atoms with Gasteiger partial charge in [-0.2, -0.15) is 0 Å². The number of carbonyl (C=O) groups excluding carboxylic acids is 1. The number of aromatic amines is 1. The number of nitrogens with zero attached hydrogens (tertiary/aromatic N) is 2.